The first-order valence-electron chi connectivity index (χ1n) is 8.14. The lowest BCUT2D eigenvalue weighted by atomic mass is 10.1. The van der Waals surface area contributed by atoms with Gasteiger partial charge in [0.1, 0.15) is 5.82 Å². The van der Waals surface area contributed by atoms with E-state index in [1.165, 1.54) is 5.56 Å². The topological polar surface area (TPSA) is 85.2 Å². The third-order valence-electron chi connectivity index (χ3n) is 3.81. The second-order valence-corrected chi connectivity index (χ2v) is 5.69. The van der Waals surface area contributed by atoms with Crippen LogP contribution in [0.2, 0.25) is 0 Å². The van der Waals surface area contributed by atoms with Gasteiger partial charge in [0.05, 0.1) is 6.54 Å². The molecule has 0 atom stereocenters. The Hall–Kier alpha value is -3.35. The van der Waals surface area contributed by atoms with Crippen LogP contribution in [0.4, 0.5) is 0 Å². The minimum Gasteiger partial charge on any atom is -0.263 e. The van der Waals surface area contributed by atoms with E-state index in [9.17, 15) is 0 Å². The number of aromatic nitrogens is 7. The van der Waals surface area contributed by atoms with Gasteiger partial charge in [-0.15, -0.1) is 10.2 Å². The van der Waals surface area contributed by atoms with Gasteiger partial charge in [-0.1, -0.05) is 60.7 Å². The zero-order valence-corrected chi connectivity index (χ0v) is 13.6. The van der Waals surface area contributed by atoms with Gasteiger partial charge in [0.15, 0.2) is 5.82 Å². The van der Waals surface area contributed by atoms with Crippen molar-refractivity contribution in [2.75, 3.05) is 0 Å². The smallest absolute Gasteiger partial charge is 0.204 e. The number of nitrogens with one attached hydrogen (secondary N) is 1. The Morgan fingerprint density at radius 3 is 2.48 bits per heavy atom. The van der Waals surface area contributed by atoms with Crippen LogP contribution in [0.5, 0.6) is 0 Å². The molecule has 0 saturated heterocycles. The molecule has 124 valence electrons. The van der Waals surface area contributed by atoms with Crippen molar-refractivity contribution >= 4 is 0 Å². The molecule has 2 heterocycles. The van der Waals surface area contributed by atoms with Gasteiger partial charge < -0.3 is 0 Å². The number of hydrogen-bond donors (Lipinski definition) is 1. The molecule has 7 nitrogen and oxygen atoms in total. The van der Waals surface area contributed by atoms with Crippen LogP contribution in [-0.2, 0) is 19.4 Å². The zero-order valence-electron chi connectivity index (χ0n) is 13.6. The molecule has 4 aromatic rings. The van der Waals surface area contributed by atoms with E-state index in [4.69, 9.17) is 0 Å². The Labute approximate surface area is 144 Å². The van der Waals surface area contributed by atoms with Crippen molar-refractivity contribution < 1.29 is 0 Å². The first-order chi connectivity index (χ1) is 12.4. The number of rotatable bonds is 6. The van der Waals surface area contributed by atoms with Gasteiger partial charge in [-0.3, -0.25) is 5.10 Å². The van der Waals surface area contributed by atoms with Gasteiger partial charge >= 0.3 is 0 Å². The predicted molar refractivity (Wildman–Crippen MR) is 92.6 cm³/mol. The molecule has 0 radical (unpaired) electrons. The SMILES string of the molecule is c1ccc(Cc2nc(CCn3nnc(-c4ccccc4)n3)n[nH]2)cc1. The molecular weight excluding hydrogens is 314 g/mol. The maximum atomic E-state index is 4.53. The summed E-state index contributed by atoms with van der Waals surface area (Å²) < 4.78 is 0. The van der Waals surface area contributed by atoms with Gasteiger partial charge in [-0.25, -0.2) is 4.98 Å². The number of H-pyrrole nitrogens is 1. The van der Waals surface area contributed by atoms with E-state index in [1.54, 1.807) is 4.80 Å². The molecule has 0 spiro atoms. The van der Waals surface area contributed by atoms with Gasteiger partial charge in [0.25, 0.3) is 0 Å². The van der Waals surface area contributed by atoms with E-state index >= 15 is 0 Å². The van der Waals surface area contributed by atoms with Crippen LogP contribution in [0.1, 0.15) is 17.2 Å². The molecule has 0 aliphatic carbocycles. The van der Waals surface area contributed by atoms with Crippen LogP contribution in [0.3, 0.4) is 0 Å². The van der Waals surface area contributed by atoms with Gasteiger partial charge in [0.2, 0.25) is 5.82 Å². The third-order valence-corrected chi connectivity index (χ3v) is 3.81. The maximum absolute atomic E-state index is 4.53. The Morgan fingerprint density at radius 1 is 0.920 bits per heavy atom. The van der Waals surface area contributed by atoms with Gasteiger partial charge in [-0.2, -0.15) is 9.90 Å². The molecule has 4 rings (SSSR count). The second kappa shape index (κ2) is 7.04. The minimum absolute atomic E-state index is 0.586. The summed E-state index contributed by atoms with van der Waals surface area (Å²) in [5, 5.41) is 19.8. The number of aryl methyl sites for hydroxylation is 2. The first-order valence-corrected chi connectivity index (χ1v) is 8.14. The first kappa shape index (κ1) is 15.2. The van der Waals surface area contributed by atoms with Crippen molar-refractivity contribution in [1.29, 1.82) is 0 Å². The standard InChI is InChI=1S/C18H17N7/c1-3-7-14(8-4-1)13-17-19-16(20-21-17)11-12-25-23-18(22-24-25)15-9-5-2-6-10-15/h1-10H,11-13H2,(H,19,20,21). The lowest BCUT2D eigenvalue weighted by molar-refractivity contribution is 0.515. The summed E-state index contributed by atoms with van der Waals surface area (Å²) >= 11 is 0. The molecule has 0 aliphatic heterocycles. The summed E-state index contributed by atoms with van der Waals surface area (Å²) in [6.07, 6.45) is 1.39. The molecular formula is C18H17N7. The van der Waals surface area contributed by atoms with Gasteiger partial charge in [-0.05, 0) is 10.8 Å². The van der Waals surface area contributed by atoms with Crippen LogP contribution < -0.4 is 0 Å². The molecule has 7 heteroatoms. The summed E-state index contributed by atoms with van der Waals surface area (Å²) in [6.45, 7) is 0.586. The largest absolute Gasteiger partial charge is 0.263 e. The van der Waals surface area contributed by atoms with Crippen molar-refractivity contribution in [3.63, 3.8) is 0 Å². The minimum atomic E-state index is 0.586. The maximum Gasteiger partial charge on any atom is 0.204 e. The predicted octanol–water partition coefficient (Wildman–Crippen LogP) is 2.29. The van der Waals surface area contributed by atoms with Crippen molar-refractivity contribution in [2.45, 2.75) is 19.4 Å². The third kappa shape index (κ3) is 3.77. The monoisotopic (exact) mass is 331 g/mol. The fourth-order valence-electron chi connectivity index (χ4n) is 2.56. The molecule has 0 amide bonds. The fraction of sp³-hybridized carbons (Fsp3) is 0.167. The Balaban J connectivity index is 1.37. The highest BCUT2D eigenvalue weighted by Crippen LogP contribution is 2.12. The van der Waals surface area contributed by atoms with Crippen molar-refractivity contribution in [1.82, 2.24) is 35.4 Å². The summed E-state index contributed by atoms with van der Waals surface area (Å²) in [7, 11) is 0. The van der Waals surface area contributed by atoms with E-state index in [0.717, 1.165) is 23.6 Å². The number of nitrogens with zero attached hydrogens (tertiary/aromatic N) is 6. The quantitative estimate of drug-likeness (QED) is 0.586. The Kier molecular flexibility index (Phi) is 4.28. The van der Waals surface area contributed by atoms with Gasteiger partial charge in [0, 0.05) is 18.4 Å². The number of hydrogen-bond acceptors (Lipinski definition) is 5. The molecule has 0 aliphatic rings. The summed E-state index contributed by atoms with van der Waals surface area (Å²) in [5.74, 6) is 2.24. The van der Waals surface area contributed by atoms with Crippen LogP contribution in [0.15, 0.2) is 60.7 Å². The van der Waals surface area contributed by atoms with Crippen molar-refractivity contribution in [2.24, 2.45) is 0 Å². The van der Waals surface area contributed by atoms with Crippen molar-refractivity contribution in [3.8, 4) is 11.4 Å². The Morgan fingerprint density at radius 2 is 1.68 bits per heavy atom. The summed E-state index contributed by atoms with van der Waals surface area (Å²) in [4.78, 5) is 6.11. The zero-order chi connectivity index (χ0) is 16.9. The lowest BCUT2D eigenvalue weighted by Crippen LogP contribution is -2.06. The van der Waals surface area contributed by atoms with E-state index in [1.807, 2.05) is 48.5 Å². The van der Waals surface area contributed by atoms with E-state index in [0.29, 0.717) is 18.8 Å². The van der Waals surface area contributed by atoms with E-state index in [-0.39, 0.29) is 0 Å². The van der Waals surface area contributed by atoms with E-state index < -0.39 is 0 Å². The van der Waals surface area contributed by atoms with Crippen LogP contribution in [0.25, 0.3) is 11.4 Å². The summed E-state index contributed by atoms with van der Waals surface area (Å²) in [5.41, 5.74) is 2.16. The molecule has 25 heavy (non-hydrogen) atoms. The lowest BCUT2D eigenvalue weighted by Gasteiger charge is -1.96. The average Bonchev–Trinajstić information content (AvgIpc) is 3.31. The van der Waals surface area contributed by atoms with E-state index in [2.05, 4.69) is 42.7 Å². The second-order valence-electron chi connectivity index (χ2n) is 5.69. The summed E-state index contributed by atoms with van der Waals surface area (Å²) in [6, 6.07) is 20.0. The molecule has 0 fully saturated rings. The molecule has 0 saturated carbocycles. The molecule has 0 unspecified atom stereocenters. The number of tetrazole rings is 1. The van der Waals surface area contributed by atoms with Crippen LogP contribution >= 0.6 is 0 Å². The highest BCUT2D eigenvalue weighted by atomic mass is 15.6. The highest BCUT2D eigenvalue weighted by molar-refractivity contribution is 5.52. The number of aromatic amines is 1. The van der Waals surface area contributed by atoms with Crippen molar-refractivity contribution in [3.05, 3.63) is 77.9 Å². The fourth-order valence-corrected chi connectivity index (χ4v) is 2.56. The van der Waals surface area contributed by atoms with Crippen LogP contribution in [-0.4, -0.2) is 35.4 Å². The molecule has 2 aromatic carbocycles. The average molecular weight is 331 g/mol. The number of benzene rings is 2. The Bertz CT molecular complexity index is 928. The molecule has 0 bridgehead atoms. The van der Waals surface area contributed by atoms with Crippen LogP contribution in [0, 0.1) is 0 Å². The normalized spacial score (nSPS) is 10.9. The molecule has 2 aromatic heterocycles. The highest BCUT2D eigenvalue weighted by Gasteiger charge is 2.08. The molecule has 1 N–H and O–H groups in total.